The first-order valence-electron chi connectivity index (χ1n) is 16.6. The van der Waals surface area contributed by atoms with Crippen molar-refractivity contribution in [2.45, 2.75) is 32.0 Å². The molecular weight excluding hydrogens is 680 g/mol. The second kappa shape index (κ2) is 14.1. The third-order valence-electron chi connectivity index (χ3n) is 9.21. The summed E-state index contributed by atoms with van der Waals surface area (Å²) in [6, 6.07) is 24.8. The quantitative estimate of drug-likeness (QED) is 0.168. The van der Waals surface area contributed by atoms with E-state index >= 15 is 0 Å². The zero-order valence-corrected chi connectivity index (χ0v) is 29.1. The fourth-order valence-corrected chi connectivity index (χ4v) is 6.77. The van der Waals surface area contributed by atoms with Crippen LogP contribution in [0.5, 0.6) is 11.5 Å². The van der Waals surface area contributed by atoms with Crippen LogP contribution in [-0.4, -0.2) is 58.9 Å². The van der Waals surface area contributed by atoms with Gasteiger partial charge in [0.05, 0.1) is 37.8 Å². The lowest BCUT2D eigenvalue weighted by atomic mass is 10.0. The molecule has 14 heteroatoms. The van der Waals surface area contributed by atoms with E-state index in [9.17, 15) is 4.79 Å². The van der Waals surface area contributed by atoms with Gasteiger partial charge in [0, 0.05) is 53.4 Å². The summed E-state index contributed by atoms with van der Waals surface area (Å²) in [5, 5.41) is 12.1. The number of aryl methyl sites for hydroxylation is 1. The van der Waals surface area contributed by atoms with Gasteiger partial charge in [-0.05, 0) is 88.5 Å². The van der Waals surface area contributed by atoms with Crippen molar-refractivity contribution in [2.75, 3.05) is 19.1 Å². The maximum absolute atomic E-state index is 13.7. The number of benzene rings is 3. The Morgan fingerprint density at radius 3 is 2.17 bits per heavy atom. The van der Waals surface area contributed by atoms with E-state index in [1.807, 2.05) is 71.3 Å². The van der Waals surface area contributed by atoms with Gasteiger partial charge in [0.1, 0.15) is 23.7 Å². The van der Waals surface area contributed by atoms with Crippen molar-refractivity contribution in [3.8, 4) is 39.6 Å². The molecule has 0 fully saturated rings. The minimum absolute atomic E-state index is 0.128. The van der Waals surface area contributed by atoms with Gasteiger partial charge in [-0.3, -0.25) is 4.79 Å². The number of tetrazole rings is 1. The van der Waals surface area contributed by atoms with E-state index in [0.29, 0.717) is 36.3 Å². The molecule has 1 N–H and O–H groups in total. The van der Waals surface area contributed by atoms with Crippen LogP contribution in [0, 0.1) is 0 Å². The first-order chi connectivity index (χ1) is 25.4. The van der Waals surface area contributed by atoms with Gasteiger partial charge in [-0.15, -0.1) is 5.10 Å². The predicted octanol–water partition coefficient (Wildman–Crippen LogP) is 6.08. The van der Waals surface area contributed by atoms with Crippen molar-refractivity contribution in [3.63, 3.8) is 0 Å². The number of H-pyrrole nitrogens is 1. The molecule has 1 aliphatic heterocycles. The molecule has 0 amide bonds. The number of aromatic nitrogens is 9. The molecule has 5 heterocycles. The van der Waals surface area contributed by atoms with Crippen LogP contribution in [-0.2, 0) is 19.5 Å². The Kier molecular flexibility index (Phi) is 8.91. The molecule has 3 aromatic carbocycles. The maximum Gasteiger partial charge on any atom is 0.252 e. The molecule has 0 bridgehead atoms. The number of anilines is 1. The van der Waals surface area contributed by atoms with Crippen LogP contribution < -0.4 is 19.9 Å². The van der Waals surface area contributed by atoms with Crippen LogP contribution in [0.25, 0.3) is 28.1 Å². The second-order valence-corrected chi connectivity index (χ2v) is 12.9. The number of imidazole rings is 1. The monoisotopic (exact) mass is 712 g/mol. The summed E-state index contributed by atoms with van der Waals surface area (Å²) in [6.45, 7) is 1.19. The van der Waals surface area contributed by atoms with Gasteiger partial charge in [-0.25, -0.2) is 15.0 Å². The van der Waals surface area contributed by atoms with Gasteiger partial charge in [0.15, 0.2) is 0 Å². The van der Waals surface area contributed by atoms with Gasteiger partial charge >= 0.3 is 0 Å². The molecule has 0 radical (unpaired) electrons. The highest BCUT2D eigenvalue weighted by molar-refractivity contribution is 6.31. The summed E-state index contributed by atoms with van der Waals surface area (Å²) in [4.78, 5) is 33.5. The number of methoxy groups -OCH3 is 2. The van der Waals surface area contributed by atoms with Crippen LogP contribution in [0.3, 0.4) is 0 Å². The fraction of sp³-hybridized carbons (Fsp3) is 0.184. The number of fused-ring (bicyclic) bond motifs is 1. The van der Waals surface area contributed by atoms with E-state index in [1.54, 1.807) is 49.6 Å². The fourth-order valence-electron chi connectivity index (χ4n) is 6.60. The number of hydrogen-bond acceptors (Lipinski definition) is 10. The zero-order chi connectivity index (χ0) is 35.6. The summed E-state index contributed by atoms with van der Waals surface area (Å²) in [6.07, 6.45) is 8.30. The molecule has 7 aromatic rings. The number of ether oxygens (including phenoxy) is 2. The third kappa shape index (κ3) is 6.61. The van der Waals surface area contributed by atoms with E-state index in [-0.39, 0.29) is 11.6 Å². The molecule has 0 unspecified atom stereocenters. The van der Waals surface area contributed by atoms with Crippen molar-refractivity contribution in [1.82, 2.24) is 44.7 Å². The highest BCUT2D eigenvalue weighted by atomic mass is 35.5. The molecule has 0 aliphatic carbocycles. The average Bonchev–Trinajstić information content (AvgIpc) is 3.97. The summed E-state index contributed by atoms with van der Waals surface area (Å²) >= 11 is 6.37. The molecule has 0 spiro atoms. The number of pyridine rings is 1. The standard InChI is InChI=1S/C38H33ClN10O3/c1-51-30-9-3-24(4-10-30)21-47(22-25-5-11-31(52-2)12-6-25)38-41-18-27(19-42-38)33-20-40-37(44-33)35-14-8-29-15-26(16-36(50)49(29)35)32-17-28(39)7-13-34(32)48-23-43-45-46-48/h3-7,9-13,15-20,23,35H,8,14,21-22H2,1-2H3,(H,40,44)/t35-/m0/s1. The summed E-state index contributed by atoms with van der Waals surface area (Å²) in [5.74, 6) is 2.89. The Hall–Kier alpha value is -6.34. The first kappa shape index (κ1) is 32.8. The van der Waals surface area contributed by atoms with Crippen molar-refractivity contribution in [2.24, 2.45) is 0 Å². The van der Waals surface area contributed by atoms with Gasteiger partial charge in [0.2, 0.25) is 5.95 Å². The van der Waals surface area contributed by atoms with Crippen molar-refractivity contribution >= 4 is 17.5 Å². The van der Waals surface area contributed by atoms with E-state index < -0.39 is 0 Å². The molecule has 260 valence electrons. The first-order valence-corrected chi connectivity index (χ1v) is 17.0. The summed E-state index contributed by atoms with van der Waals surface area (Å²) in [5.41, 5.74) is 6.76. The van der Waals surface area contributed by atoms with Crippen LogP contribution in [0.4, 0.5) is 5.95 Å². The van der Waals surface area contributed by atoms with Crippen LogP contribution in [0.15, 0.2) is 109 Å². The number of nitrogens with zero attached hydrogens (tertiary/aromatic N) is 9. The minimum atomic E-state index is -0.242. The molecule has 4 aromatic heterocycles. The number of aromatic amines is 1. The number of rotatable bonds is 11. The highest BCUT2D eigenvalue weighted by Crippen LogP contribution is 2.34. The Morgan fingerprint density at radius 2 is 1.54 bits per heavy atom. The molecule has 0 saturated carbocycles. The number of nitrogens with one attached hydrogen (secondary N) is 1. The molecule has 0 saturated heterocycles. The molecule has 1 aliphatic rings. The lowest BCUT2D eigenvalue weighted by molar-refractivity contribution is 0.414. The molecule has 8 rings (SSSR count). The largest absolute Gasteiger partial charge is 0.497 e. The molecule has 52 heavy (non-hydrogen) atoms. The van der Waals surface area contributed by atoms with E-state index in [0.717, 1.165) is 62.8 Å². The zero-order valence-electron chi connectivity index (χ0n) is 28.3. The summed E-state index contributed by atoms with van der Waals surface area (Å²) in [7, 11) is 3.31. The lowest BCUT2D eigenvalue weighted by Crippen LogP contribution is -2.24. The van der Waals surface area contributed by atoms with Gasteiger partial charge in [0.25, 0.3) is 5.56 Å². The summed E-state index contributed by atoms with van der Waals surface area (Å²) < 4.78 is 14.1. The van der Waals surface area contributed by atoms with Gasteiger partial charge in [-0.2, -0.15) is 4.68 Å². The van der Waals surface area contributed by atoms with Gasteiger partial charge in [-0.1, -0.05) is 35.9 Å². The maximum atomic E-state index is 13.7. The molecule has 1 atom stereocenters. The molecule has 13 nitrogen and oxygen atoms in total. The van der Waals surface area contributed by atoms with Crippen molar-refractivity contribution < 1.29 is 9.47 Å². The van der Waals surface area contributed by atoms with Crippen LogP contribution in [0.2, 0.25) is 5.02 Å². The SMILES string of the molecule is COc1ccc(CN(Cc2ccc(OC)cc2)c2ncc(-c3cnc([C@@H]4CCc5cc(-c6cc(Cl)ccc6-n6cnnn6)cc(=O)n54)[nH]3)cn2)cc1. The van der Waals surface area contributed by atoms with E-state index in [1.165, 1.54) is 6.33 Å². The number of hydrogen-bond donors (Lipinski definition) is 1. The Labute approximate surface area is 303 Å². The number of halogens is 1. The lowest BCUT2D eigenvalue weighted by Gasteiger charge is -2.23. The van der Waals surface area contributed by atoms with Crippen LogP contribution in [0.1, 0.15) is 35.1 Å². The Morgan fingerprint density at radius 1 is 0.846 bits per heavy atom. The van der Waals surface area contributed by atoms with Crippen molar-refractivity contribution in [1.29, 1.82) is 0 Å². The predicted molar refractivity (Wildman–Crippen MR) is 196 cm³/mol. The van der Waals surface area contributed by atoms with E-state index in [2.05, 4.69) is 25.4 Å². The Bertz CT molecular complexity index is 2330. The topological polar surface area (TPSA) is 142 Å². The van der Waals surface area contributed by atoms with Crippen LogP contribution >= 0.6 is 11.6 Å². The minimum Gasteiger partial charge on any atom is -0.497 e. The highest BCUT2D eigenvalue weighted by Gasteiger charge is 2.28. The van der Waals surface area contributed by atoms with E-state index in [4.69, 9.17) is 36.0 Å². The smallest absolute Gasteiger partial charge is 0.252 e. The second-order valence-electron chi connectivity index (χ2n) is 12.4. The molecular formula is C38H33ClN10O3. The Balaban J connectivity index is 1.04. The third-order valence-corrected chi connectivity index (χ3v) is 9.44. The average molecular weight is 713 g/mol. The normalized spacial score (nSPS) is 13.6. The van der Waals surface area contributed by atoms with Crippen molar-refractivity contribution in [3.05, 3.63) is 142 Å². The van der Waals surface area contributed by atoms with Gasteiger partial charge < -0.3 is 23.9 Å².